The zero-order chi connectivity index (χ0) is 21.2. The molecule has 0 bridgehead atoms. The lowest BCUT2D eigenvalue weighted by molar-refractivity contribution is -0.148. The molecule has 5 nitrogen and oxygen atoms in total. The van der Waals surface area contributed by atoms with Crippen LogP contribution in [-0.2, 0) is 14.3 Å². The molecule has 0 unspecified atom stereocenters. The lowest BCUT2D eigenvalue weighted by Gasteiger charge is -2.20. The molecule has 0 aliphatic carbocycles. The van der Waals surface area contributed by atoms with Crippen molar-refractivity contribution >= 4 is 11.9 Å². The molecule has 1 N–H and O–H groups in total. The maximum atomic E-state index is 12.3. The molecule has 2 aromatic carbocycles. The SMILES string of the molecule is CC(C)CCC(=O)OCC(=O)N[C@H](c1ccccc1)c1ccc(OC(F)F)cc1. The molecule has 2 aromatic rings. The van der Waals surface area contributed by atoms with Crippen molar-refractivity contribution in [3.63, 3.8) is 0 Å². The van der Waals surface area contributed by atoms with Gasteiger partial charge >= 0.3 is 12.6 Å². The highest BCUT2D eigenvalue weighted by Gasteiger charge is 2.18. The molecule has 0 radical (unpaired) electrons. The van der Waals surface area contributed by atoms with E-state index in [1.54, 1.807) is 12.1 Å². The van der Waals surface area contributed by atoms with E-state index in [1.807, 2.05) is 44.2 Å². The number of carbonyl (C=O) groups excluding carboxylic acids is 2. The van der Waals surface area contributed by atoms with Gasteiger partial charge in [-0.15, -0.1) is 0 Å². The third-order valence-electron chi connectivity index (χ3n) is 4.17. The van der Waals surface area contributed by atoms with Crippen molar-refractivity contribution < 1.29 is 27.8 Å². The van der Waals surface area contributed by atoms with Crippen molar-refractivity contribution in [2.75, 3.05) is 6.61 Å². The summed E-state index contributed by atoms with van der Waals surface area (Å²) in [5, 5.41) is 2.82. The van der Waals surface area contributed by atoms with Gasteiger partial charge in [-0.2, -0.15) is 8.78 Å². The van der Waals surface area contributed by atoms with Gasteiger partial charge < -0.3 is 14.8 Å². The summed E-state index contributed by atoms with van der Waals surface area (Å²) in [6.07, 6.45) is 0.957. The topological polar surface area (TPSA) is 64.6 Å². The van der Waals surface area contributed by atoms with Gasteiger partial charge in [-0.25, -0.2) is 0 Å². The predicted molar refractivity (Wildman–Crippen MR) is 105 cm³/mol. The Morgan fingerprint density at radius 2 is 1.59 bits per heavy atom. The number of benzene rings is 2. The summed E-state index contributed by atoms with van der Waals surface area (Å²) in [5.41, 5.74) is 1.48. The first kappa shape index (κ1) is 22.3. The molecule has 1 atom stereocenters. The summed E-state index contributed by atoms with van der Waals surface area (Å²) >= 11 is 0. The van der Waals surface area contributed by atoms with Crippen LogP contribution < -0.4 is 10.1 Å². The van der Waals surface area contributed by atoms with E-state index in [0.29, 0.717) is 17.9 Å². The average Bonchev–Trinajstić information content (AvgIpc) is 2.70. The van der Waals surface area contributed by atoms with Gasteiger partial charge in [0.05, 0.1) is 6.04 Å². The van der Waals surface area contributed by atoms with Crippen LogP contribution in [0.15, 0.2) is 54.6 Å². The minimum absolute atomic E-state index is 0.0287. The van der Waals surface area contributed by atoms with E-state index in [0.717, 1.165) is 5.56 Å². The Kier molecular flexibility index (Phi) is 8.58. The normalized spacial score (nSPS) is 11.9. The fourth-order valence-electron chi connectivity index (χ4n) is 2.67. The monoisotopic (exact) mass is 405 g/mol. The largest absolute Gasteiger partial charge is 0.456 e. The Morgan fingerprint density at radius 1 is 0.966 bits per heavy atom. The lowest BCUT2D eigenvalue weighted by Crippen LogP contribution is -2.33. The number of nitrogens with one attached hydrogen (secondary N) is 1. The van der Waals surface area contributed by atoms with Crippen LogP contribution in [0, 0.1) is 5.92 Å². The van der Waals surface area contributed by atoms with E-state index in [1.165, 1.54) is 12.1 Å². The number of hydrogen-bond donors (Lipinski definition) is 1. The first-order chi connectivity index (χ1) is 13.8. The summed E-state index contributed by atoms with van der Waals surface area (Å²) in [4.78, 5) is 24.1. The predicted octanol–water partition coefficient (Wildman–Crippen LogP) is 4.47. The highest BCUT2D eigenvalue weighted by Crippen LogP contribution is 2.24. The van der Waals surface area contributed by atoms with Gasteiger partial charge in [-0.05, 0) is 35.6 Å². The summed E-state index contributed by atoms with van der Waals surface area (Å²) in [6.45, 7) is 0.715. The Bertz CT molecular complexity index is 779. The molecule has 29 heavy (non-hydrogen) atoms. The van der Waals surface area contributed by atoms with Crippen molar-refractivity contribution in [2.45, 2.75) is 39.3 Å². The molecular formula is C22H25F2NO4. The Morgan fingerprint density at radius 3 is 2.17 bits per heavy atom. The fraction of sp³-hybridized carbons (Fsp3) is 0.364. The van der Waals surface area contributed by atoms with E-state index in [2.05, 4.69) is 10.1 Å². The zero-order valence-electron chi connectivity index (χ0n) is 16.4. The number of ether oxygens (including phenoxy) is 2. The molecule has 156 valence electrons. The van der Waals surface area contributed by atoms with Gasteiger partial charge in [0, 0.05) is 6.42 Å². The number of halogens is 2. The summed E-state index contributed by atoms with van der Waals surface area (Å²) in [5.74, 6) is -0.472. The summed E-state index contributed by atoms with van der Waals surface area (Å²) in [7, 11) is 0. The van der Waals surface area contributed by atoms with Crippen LogP contribution in [0.5, 0.6) is 5.75 Å². The molecule has 0 heterocycles. The number of carbonyl (C=O) groups is 2. The van der Waals surface area contributed by atoms with Crippen LogP contribution in [0.1, 0.15) is 43.9 Å². The molecule has 2 rings (SSSR count). The minimum Gasteiger partial charge on any atom is -0.456 e. The van der Waals surface area contributed by atoms with Gasteiger partial charge in [0.2, 0.25) is 0 Å². The summed E-state index contributed by atoms with van der Waals surface area (Å²) in [6, 6.07) is 14.7. The van der Waals surface area contributed by atoms with Crippen molar-refractivity contribution in [1.82, 2.24) is 5.32 Å². The highest BCUT2D eigenvalue weighted by molar-refractivity contribution is 5.81. The highest BCUT2D eigenvalue weighted by atomic mass is 19.3. The van der Waals surface area contributed by atoms with Crippen molar-refractivity contribution in [2.24, 2.45) is 5.92 Å². The lowest BCUT2D eigenvalue weighted by atomic mass is 9.98. The van der Waals surface area contributed by atoms with Gasteiger partial charge in [0.25, 0.3) is 5.91 Å². The Hall–Kier alpha value is -2.96. The number of hydrogen-bond acceptors (Lipinski definition) is 4. The maximum absolute atomic E-state index is 12.3. The first-order valence-corrected chi connectivity index (χ1v) is 9.40. The van der Waals surface area contributed by atoms with Crippen molar-refractivity contribution in [3.05, 3.63) is 65.7 Å². The second-order valence-corrected chi connectivity index (χ2v) is 6.95. The molecule has 0 saturated heterocycles. The Balaban J connectivity index is 2.05. The van der Waals surface area contributed by atoms with Crippen LogP contribution >= 0.6 is 0 Å². The van der Waals surface area contributed by atoms with Crippen LogP contribution in [0.4, 0.5) is 8.78 Å². The van der Waals surface area contributed by atoms with E-state index in [-0.39, 0.29) is 18.8 Å². The van der Waals surface area contributed by atoms with Gasteiger partial charge in [0.1, 0.15) is 5.75 Å². The number of rotatable bonds is 10. The number of amides is 1. The molecule has 0 aliphatic rings. The van der Waals surface area contributed by atoms with Crippen LogP contribution in [-0.4, -0.2) is 25.1 Å². The van der Waals surface area contributed by atoms with Crippen molar-refractivity contribution in [3.8, 4) is 5.75 Å². The summed E-state index contributed by atoms with van der Waals surface area (Å²) < 4.78 is 34.1. The van der Waals surface area contributed by atoms with Crippen molar-refractivity contribution in [1.29, 1.82) is 0 Å². The van der Waals surface area contributed by atoms with Crippen LogP contribution in [0.3, 0.4) is 0 Å². The molecule has 0 spiro atoms. The molecule has 0 saturated carbocycles. The molecule has 0 aliphatic heterocycles. The number of alkyl halides is 2. The standard InChI is InChI=1S/C22H25F2NO4/c1-15(2)8-13-20(27)28-14-19(26)25-21(16-6-4-3-5-7-16)17-9-11-18(12-10-17)29-22(23)24/h3-7,9-12,15,21-22H,8,13-14H2,1-2H3,(H,25,26)/t21-/m1/s1. The molecule has 0 aromatic heterocycles. The van der Waals surface area contributed by atoms with Gasteiger partial charge in [0.15, 0.2) is 6.61 Å². The molecule has 1 amide bonds. The second kappa shape index (κ2) is 11.1. The Labute approximate surface area is 169 Å². The van der Waals surface area contributed by atoms with E-state index >= 15 is 0 Å². The minimum atomic E-state index is -2.91. The molecule has 0 fully saturated rings. The van der Waals surface area contributed by atoms with E-state index in [4.69, 9.17) is 4.74 Å². The van der Waals surface area contributed by atoms with Crippen LogP contribution in [0.25, 0.3) is 0 Å². The molecule has 7 heteroatoms. The van der Waals surface area contributed by atoms with Gasteiger partial charge in [-0.1, -0.05) is 56.3 Å². The smallest absolute Gasteiger partial charge is 0.387 e. The third-order valence-corrected chi connectivity index (χ3v) is 4.17. The quantitative estimate of drug-likeness (QED) is 0.592. The average molecular weight is 405 g/mol. The third kappa shape index (κ3) is 7.89. The first-order valence-electron chi connectivity index (χ1n) is 9.40. The van der Waals surface area contributed by atoms with Crippen LogP contribution in [0.2, 0.25) is 0 Å². The second-order valence-electron chi connectivity index (χ2n) is 6.95. The zero-order valence-corrected chi connectivity index (χ0v) is 16.4. The van der Waals surface area contributed by atoms with E-state index < -0.39 is 24.5 Å². The number of esters is 1. The molecular weight excluding hydrogens is 380 g/mol. The fourth-order valence-corrected chi connectivity index (χ4v) is 2.67. The maximum Gasteiger partial charge on any atom is 0.387 e. The van der Waals surface area contributed by atoms with E-state index in [9.17, 15) is 18.4 Å². The van der Waals surface area contributed by atoms with Gasteiger partial charge in [-0.3, -0.25) is 9.59 Å².